The average molecular weight is 502 g/mol. The fraction of sp³-hybridized carbons (Fsp3) is 0.500. The number of nitrogens with one attached hydrogen (secondary N) is 1. The maximum atomic E-state index is 12.8. The van der Waals surface area contributed by atoms with Crippen LogP contribution in [0.5, 0.6) is 5.75 Å². The topological polar surface area (TPSA) is 73.9 Å². The maximum absolute atomic E-state index is 12.8. The molecule has 1 amide bonds. The molecule has 0 aliphatic carbocycles. The highest BCUT2D eigenvalue weighted by molar-refractivity contribution is 7.98. The van der Waals surface area contributed by atoms with E-state index >= 15 is 0 Å². The summed E-state index contributed by atoms with van der Waals surface area (Å²) in [6.07, 6.45) is 12.0. The van der Waals surface area contributed by atoms with Gasteiger partial charge in [0, 0.05) is 17.6 Å². The molecule has 2 aromatic rings. The first-order valence-electron chi connectivity index (χ1n) is 12.5. The second-order valence-corrected chi connectivity index (χ2v) is 9.19. The molecular formula is C28H39NO5S. The van der Waals surface area contributed by atoms with Crippen LogP contribution in [0.3, 0.4) is 0 Å². The van der Waals surface area contributed by atoms with Crippen LogP contribution in [0.1, 0.15) is 79.0 Å². The fourth-order valence-corrected chi connectivity index (χ4v) is 4.09. The largest absolute Gasteiger partial charge is 0.494 e. The highest BCUT2D eigenvalue weighted by atomic mass is 32.2. The summed E-state index contributed by atoms with van der Waals surface area (Å²) in [6, 6.07) is 12.3. The quantitative estimate of drug-likeness (QED) is 0.143. The Labute approximate surface area is 214 Å². The zero-order valence-electron chi connectivity index (χ0n) is 21.3. The minimum atomic E-state index is -0.455. The zero-order chi connectivity index (χ0) is 25.3. The summed E-state index contributed by atoms with van der Waals surface area (Å²) >= 11 is 1.49. The number of amides is 1. The molecule has 0 aliphatic rings. The molecule has 192 valence electrons. The van der Waals surface area contributed by atoms with Gasteiger partial charge in [0.15, 0.2) is 0 Å². The van der Waals surface area contributed by atoms with Crippen molar-refractivity contribution in [2.45, 2.75) is 63.2 Å². The number of methoxy groups -OCH3 is 1. The van der Waals surface area contributed by atoms with Crippen LogP contribution in [0, 0.1) is 0 Å². The third kappa shape index (κ3) is 10.7. The number of carbonyl (C=O) groups is 2. The molecule has 6 nitrogen and oxygen atoms in total. The van der Waals surface area contributed by atoms with Gasteiger partial charge in [-0.1, -0.05) is 51.9 Å². The van der Waals surface area contributed by atoms with E-state index in [2.05, 4.69) is 12.2 Å². The van der Waals surface area contributed by atoms with Crippen molar-refractivity contribution in [2.75, 3.05) is 38.5 Å². The lowest BCUT2D eigenvalue weighted by Gasteiger charge is -2.12. The molecule has 2 aromatic carbocycles. The molecule has 0 radical (unpaired) electrons. The molecule has 0 atom stereocenters. The van der Waals surface area contributed by atoms with Gasteiger partial charge in [-0.3, -0.25) is 4.79 Å². The molecule has 0 saturated heterocycles. The summed E-state index contributed by atoms with van der Waals surface area (Å²) in [4.78, 5) is 25.9. The van der Waals surface area contributed by atoms with E-state index in [1.54, 1.807) is 37.4 Å². The molecule has 1 N–H and O–H groups in total. The Bertz CT molecular complexity index is 901. The average Bonchev–Trinajstić information content (AvgIpc) is 2.88. The highest BCUT2D eigenvalue weighted by Crippen LogP contribution is 2.27. The van der Waals surface area contributed by atoms with Gasteiger partial charge in [0.25, 0.3) is 5.91 Å². The van der Waals surface area contributed by atoms with Crippen LogP contribution < -0.4 is 10.1 Å². The van der Waals surface area contributed by atoms with Crippen molar-refractivity contribution >= 4 is 29.3 Å². The van der Waals surface area contributed by atoms with E-state index in [4.69, 9.17) is 14.2 Å². The van der Waals surface area contributed by atoms with Gasteiger partial charge >= 0.3 is 5.97 Å². The first-order chi connectivity index (χ1) is 17.1. The first kappa shape index (κ1) is 28.7. The van der Waals surface area contributed by atoms with Crippen LogP contribution in [-0.2, 0) is 9.47 Å². The third-order valence-electron chi connectivity index (χ3n) is 5.59. The van der Waals surface area contributed by atoms with Crippen LogP contribution in [0.4, 0.5) is 5.69 Å². The first-order valence-corrected chi connectivity index (χ1v) is 13.7. The van der Waals surface area contributed by atoms with Crippen LogP contribution in [0.25, 0.3) is 0 Å². The van der Waals surface area contributed by atoms with Gasteiger partial charge in [-0.25, -0.2) is 4.79 Å². The van der Waals surface area contributed by atoms with Gasteiger partial charge in [-0.15, -0.1) is 11.8 Å². The highest BCUT2D eigenvalue weighted by Gasteiger charge is 2.14. The Morgan fingerprint density at radius 3 is 2.14 bits per heavy atom. The van der Waals surface area contributed by atoms with Crippen LogP contribution in [0.15, 0.2) is 47.4 Å². The van der Waals surface area contributed by atoms with Crippen molar-refractivity contribution in [3.05, 3.63) is 53.6 Å². The van der Waals surface area contributed by atoms with Gasteiger partial charge in [0.2, 0.25) is 0 Å². The van der Waals surface area contributed by atoms with Gasteiger partial charge in [0.05, 0.1) is 24.5 Å². The normalized spacial score (nSPS) is 10.7. The van der Waals surface area contributed by atoms with Crippen LogP contribution in [0.2, 0.25) is 0 Å². The Hall–Kier alpha value is -2.51. The molecule has 0 aromatic heterocycles. The lowest BCUT2D eigenvalue weighted by molar-refractivity contribution is 0.0388. The summed E-state index contributed by atoms with van der Waals surface area (Å²) in [5, 5.41) is 2.91. The van der Waals surface area contributed by atoms with Crippen molar-refractivity contribution in [2.24, 2.45) is 0 Å². The predicted molar refractivity (Wildman–Crippen MR) is 143 cm³/mol. The number of esters is 1. The Kier molecular flexibility index (Phi) is 14.0. The van der Waals surface area contributed by atoms with Gasteiger partial charge in [0.1, 0.15) is 12.4 Å². The fourth-order valence-electron chi connectivity index (χ4n) is 3.56. The molecule has 0 fully saturated rings. The third-order valence-corrected chi connectivity index (χ3v) is 6.38. The molecule has 0 heterocycles. The second kappa shape index (κ2) is 17.0. The van der Waals surface area contributed by atoms with Crippen molar-refractivity contribution in [3.63, 3.8) is 0 Å². The number of hydrogen-bond donors (Lipinski definition) is 1. The molecule has 2 rings (SSSR count). The van der Waals surface area contributed by atoms with E-state index in [0.29, 0.717) is 30.0 Å². The van der Waals surface area contributed by atoms with Crippen LogP contribution in [-0.4, -0.2) is 45.1 Å². The minimum Gasteiger partial charge on any atom is -0.494 e. The number of anilines is 1. The summed E-state index contributed by atoms with van der Waals surface area (Å²) in [7, 11) is 1.55. The van der Waals surface area contributed by atoms with Crippen molar-refractivity contribution in [1.29, 1.82) is 0 Å². The monoisotopic (exact) mass is 501 g/mol. The lowest BCUT2D eigenvalue weighted by atomic mass is 10.1. The van der Waals surface area contributed by atoms with Gasteiger partial charge in [-0.2, -0.15) is 0 Å². The number of benzene rings is 2. The zero-order valence-corrected chi connectivity index (χ0v) is 22.1. The van der Waals surface area contributed by atoms with Crippen molar-refractivity contribution in [1.82, 2.24) is 0 Å². The second-order valence-electron chi connectivity index (χ2n) is 8.35. The number of carbonyl (C=O) groups excluding carboxylic acids is 2. The molecule has 0 unspecified atom stereocenters. The Morgan fingerprint density at radius 1 is 0.829 bits per heavy atom. The number of unbranched alkanes of at least 4 members (excludes halogenated alkanes) is 7. The maximum Gasteiger partial charge on any atom is 0.338 e. The minimum absolute atomic E-state index is 0.175. The van der Waals surface area contributed by atoms with E-state index in [1.807, 2.05) is 18.4 Å². The van der Waals surface area contributed by atoms with Crippen LogP contribution >= 0.6 is 11.8 Å². The van der Waals surface area contributed by atoms with E-state index in [9.17, 15) is 9.59 Å². The van der Waals surface area contributed by atoms with E-state index in [0.717, 1.165) is 17.1 Å². The predicted octanol–water partition coefficient (Wildman–Crippen LogP) is 6.98. The summed E-state index contributed by atoms with van der Waals surface area (Å²) in [6.45, 7) is 3.43. The lowest BCUT2D eigenvalue weighted by Crippen LogP contribution is -2.14. The van der Waals surface area contributed by atoms with E-state index in [-0.39, 0.29) is 12.5 Å². The number of thioether (sulfide) groups is 1. The molecule has 7 heteroatoms. The SMILES string of the molecule is CCCCCCCCCCOc1ccc(C(=O)Nc2cc(C(=O)OCCOC)ccc2SC)cc1. The molecule has 0 bridgehead atoms. The summed E-state index contributed by atoms with van der Waals surface area (Å²) in [5.74, 6) is 0.0538. The molecule has 35 heavy (non-hydrogen) atoms. The van der Waals surface area contributed by atoms with Crippen molar-refractivity contribution < 1.29 is 23.8 Å². The number of ether oxygens (including phenoxy) is 3. The number of hydrogen-bond acceptors (Lipinski definition) is 6. The molecule has 0 saturated carbocycles. The van der Waals surface area contributed by atoms with E-state index < -0.39 is 5.97 Å². The Morgan fingerprint density at radius 2 is 1.49 bits per heavy atom. The standard InChI is InChI=1S/C28H39NO5S/c1-4-5-6-7-8-9-10-11-18-33-24-15-12-22(13-16-24)27(30)29-25-21-23(14-17-26(25)35-3)28(31)34-20-19-32-2/h12-17,21H,4-11,18-20H2,1-3H3,(H,29,30). The smallest absolute Gasteiger partial charge is 0.338 e. The molecule has 0 spiro atoms. The van der Waals surface area contributed by atoms with Crippen molar-refractivity contribution in [3.8, 4) is 5.75 Å². The summed E-state index contributed by atoms with van der Waals surface area (Å²) < 4.78 is 15.9. The summed E-state index contributed by atoms with van der Waals surface area (Å²) in [5.41, 5.74) is 1.46. The number of rotatable bonds is 17. The van der Waals surface area contributed by atoms with E-state index in [1.165, 1.54) is 56.7 Å². The van der Waals surface area contributed by atoms with Gasteiger partial charge in [-0.05, 0) is 55.1 Å². The molecule has 0 aliphatic heterocycles. The van der Waals surface area contributed by atoms with Gasteiger partial charge < -0.3 is 19.5 Å². The Balaban J connectivity index is 1.83. The molecular weight excluding hydrogens is 462 g/mol.